The molecule has 0 spiro atoms. The number of carbonyl (C=O) groups is 2. The summed E-state index contributed by atoms with van der Waals surface area (Å²) >= 11 is 0. The molecule has 2 aliphatic heterocycles. The van der Waals surface area contributed by atoms with Crippen molar-refractivity contribution in [3.05, 3.63) is 131 Å². The van der Waals surface area contributed by atoms with Crippen molar-refractivity contribution in [3.8, 4) is 11.3 Å². The number of nitrogens with one attached hydrogen (secondary N) is 1. The van der Waals surface area contributed by atoms with Crippen LogP contribution in [0, 0.1) is 0 Å². The molecule has 0 radical (unpaired) electrons. The predicted octanol–water partition coefficient (Wildman–Crippen LogP) is 7.35. The summed E-state index contributed by atoms with van der Waals surface area (Å²) in [6.07, 6.45) is 9.36. The smallest absolute Gasteiger partial charge is 0.260 e. The topological polar surface area (TPSA) is 74.2 Å². The van der Waals surface area contributed by atoms with Crippen molar-refractivity contribution < 1.29 is 9.59 Å². The Balaban J connectivity index is 1.28. The zero-order valence-electron chi connectivity index (χ0n) is 25.6. The summed E-state index contributed by atoms with van der Waals surface area (Å²) in [5, 5.41) is 8.10. The van der Waals surface area contributed by atoms with E-state index in [2.05, 4.69) is 39.5 Å². The van der Waals surface area contributed by atoms with Gasteiger partial charge in [-0.15, -0.1) is 0 Å². The van der Waals surface area contributed by atoms with E-state index in [0.29, 0.717) is 30.8 Å². The molecule has 0 bridgehead atoms. The lowest BCUT2D eigenvalue weighted by Crippen LogP contribution is -2.36. The van der Waals surface area contributed by atoms with Crippen LogP contribution in [-0.4, -0.2) is 44.6 Å². The van der Waals surface area contributed by atoms with Crippen LogP contribution in [0.3, 0.4) is 0 Å². The molecule has 7 nitrogen and oxygen atoms in total. The van der Waals surface area contributed by atoms with E-state index in [4.69, 9.17) is 0 Å². The first-order valence-electron chi connectivity index (χ1n) is 15.7. The van der Waals surface area contributed by atoms with Gasteiger partial charge < -0.3 is 14.4 Å². The highest BCUT2D eigenvalue weighted by Gasteiger charge is 2.30. The highest BCUT2D eigenvalue weighted by molar-refractivity contribution is 6.09. The van der Waals surface area contributed by atoms with E-state index < -0.39 is 0 Å². The second kappa shape index (κ2) is 12.1. The Hall–Kier alpha value is -5.17. The van der Waals surface area contributed by atoms with Gasteiger partial charge in [-0.1, -0.05) is 61.2 Å². The van der Waals surface area contributed by atoms with Gasteiger partial charge in [0.25, 0.3) is 11.8 Å². The Morgan fingerprint density at radius 1 is 0.956 bits per heavy atom. The maximum atomic E-state index is 14.6. The lowest BCUT2D eigenvalue weighted by Gasteiger charge is -2.29. The van der Waals surface area contributed by atoms with Crippen molar-refractivity contribution in [2.24, 2.45) is 0 Å². The van der Waals surface area contributed by atoms with Gasteiger partial charge in [0.15, 0.2) is 0 Å². The van der Waals surface area contributed by atoms with Crippen LogP contribution in [0.25, 0.3) is 22.2 Å². The summed E-state index contributed by atoms with van der Waals surface area (Å²) < 4.78 is 2.27. The third-order valence-corrected chi connectivity index (χ3v) is 9.08. The van der Waals surface area contributed by atoms with Gasteiger partial charge in [-0.05, 0) is 79.6 Å². The molecule has 45 heavy (non-hydrogen) atoms. The first-order valence-corrected chi connectivity index (χ1v) is 15.7. The van der Waals surface area contributed by atoms with E-state index in [-0.39, 0.29) is 11.8 Å². The van der Waals surface area contributed by atoms with E-state index in [1.165, 1.54) is 11.1 Å². The van der Waals surface area contributed by atoms with Crippen LogP contribution in [0.5, 0.6) is 0 Å². The van der Waals surface area contributed by atoms with Gasteiger partial charge in [-0.25, -0.2) is 0 Å². The molecule has 0 aliphatic carbocycles. The van der Waals surface area contributed by atoms with Crippen molar-refractivity contribution in [3.63, 3.8) is 0 Å². The molecule has 7 heteroatoms. The number of benzene rings is 3. The maximum absolute atomic E-state index is 14.6. The summed E-state index contributed by atoms with van der Waals surface area (Å²) in [6, 6.07) is 24.2. The van der Waals surface area contributed by atoms with Gasteiger partial charge in [0.05, 0.1) is 23.8 Å². The molecule has 3 aromatic carbocycles. The molecular formula is C38H37N5O2. The number of allylic oxidation sites excluding steroid dienone is 1. The van der Waals surface area contributed by atoms with Crippen LogP contribution in [-0.2, 0) is 25.9 Å². The van der Waals surface area contributed by atoms with Crippen LogP contribution in [0.4, 0.5) is 5.69 Å². The van der Waals surface area contributed by atoms with Gasteiger partial charge in [0.1, 0.15) is 0 Å². The molecule has 0 saturated carbocycles. The lowest BCUT2D eigenvalue weighted by molar-refractivity contribution is 0.0735. The zero-order valence-corrected chi connectivity index (χ0v) is 25.6. The van der Waals surface area contributed by atoms with Crippen LogP contribution in [0.2, 0.25) is 0 Å². The Kier molecular flexibility index (Phi) is 7.67. The molecule has 7 rings (SSSR count). The van der Waals surface area contributed by atoms with Crippen LogP contribution < -0.4 is 4.90 Å². The molecule has 0 saturated heterocycles. The minimum Gasteiger partial charge on any atom is -0.344 e. The first-order chi connectivity index (χ1) is 22.0. The minimum atomic E-state index is -0.0724. The van der Waals surface area contributed by atoms with Gasteiger partial charge in [0.2, 0.25) is 0 Å². The second-order valence-electron chi connectivity index (χ2n) is 12.0. The first kappa shape index (κ1) is 28.6. The Morgan fingerprint density at radius 2 is 1.78 bits per heavy atom. The molecular weight excluding hydrogens is 558 g/mol. The molecule has 0 unspecified atom stereocenters. The fourth-order valence-electron chi connectivity index (χ4n) is 6.83. The Labute approximate surface area is 263 Å². The highest BCUT2D eigenvalue weighted by atomic mass is 16.2. The SMILES string of the molecule is C=C(/C=C\C)CN(C(=O)c1cc(-c2ccccc2C(=O)N2CCc3ccccc3C2)n2c1CCCC2)c1ccc2[nH]ncc2c1. The summed E-state index contributed by atoms with van der Waals surface area (Å²) in [4.78, 5) is 32.5. The van der Waals surface area contributed by atoms with E-state index in [1.54, 1.807) is 6.20 Å². The van der Waals surface area contributed by atoms with Crippen molar-refractivity contribution >= 4 is 28.4 Å². The molecule has 226 valence electrons. The normalized spacial score (nSPS) is 14.4. The molecule has 2 aromatic heterocycles. The van der Waals surface area contributed by atoms with Crippen LogP contribution in [0.15, 0.2) is 103 Å². The number of hydrogen-bond donors (Lipinski definition) is 1. The summed E-state index contributed by atoms with van der Waals surface area (Å²) in [5.41, 5.74) is 9.23. The fourth-order valence-corrected chi connectivity index (χ4v) is 6.83. The molecule has 2 amide bonds. The highest BCUT2D eigenvalue weighted by Crippen LogP contribution is 2.35. The van der Waals surface area contributed by atoms with E-state index in [0.717, 1.165) is 71.3 Å². The van der Waals surface area contributed by atoms with E-state index in [9.17, 15) is 9.59 Å². The third-order valence-electron chi connectivity index (χ3n) is 9.08. The van der Waals surface area contributed by atoms with Crippen LogP contribution >= 0.6 is 0 Å². The third kappa shape index (κ3) is 5.39. The standard InChI is InChI=1S/C38H37N5O2/c1-3-10-26(2)24-43(30-16-17-34-29(21-30)23-39-40-34)38(45)33-22-36(42-19-9-8-15-35(33)42)31-13-6-7-14-32(31)37(44)41-20-18-27-11-4-5-12-28(27)25-41/h3-7,10-14,16-17,21-23H,2,8-9,15,18-20,24-25H2,1H3,(H,39,40)/b10-3-. The number of aromatic amines is 1. The monoisotopic (exact) mass is 595 g/mol. The number of rotatable bonds is 7. The molecule has 2 aliphatic rings. The number of fused-ring (bicyclic) bond motifs is 3. The lowest BCUT2D eigenvalue weighted by atomic mass is 9.97. The number of aromatic nitrogens is 3. The van der Waals surface area contributed by atoms with Gasteiger partial charge in [-0.3, -0.25) is 14.7 Å². The van der Waals surface area contributed by atoms with Gasteiger partial charge >= 0.3 is 0 Å². The largest absolute Gasteiger partial charge is 0.344 e. The van der Waals surface area contributed by atoms with Crippen molar-refractivity contribution in [2.75, 3.05) is 18.0 Å². The summed E-state index contributed by atoms with van der Waals surface area (Å²) in [7, 11) is 0. The summed E-state index contributed by atoms with van der Waals surface area (Å²) in [5.74, 6) is -0.0473. The number of amides is 2. The number of nitrogens with zero attached hydrogens (tertiary/aromatic N) is 4. The van der Waals surface area contributed by atoms with Crippen molar-refractivity contribution in [1.82, 2.24) is 19.7 Å². The van der Waals surface area contributed by atoms with E-state index in [1.807, 2.05) is 83.5 Å². The van der Waals surface area contributed by atoms with Gasteiger partial charge in [0, 0.05) is 53.2 Å². The second-order valence-corrected chi connectivity index (χ2v) is 12.0. The summed E-state index contributed by atoms with van der Waals surface area (Å²) in [6.45, 7) is 8.63. The number of anilines is 1. The molecule has 5 aromatic rings. The van der Waals surface area contributed by atoms with Crippen LogP contribution in [0.1, 0.15) is 57.3 Å². The average molecular weight is 596 g/mol. The van der Waals surface area contributed by atoms with Gasteiger partial charge in [-0.2, -0.15) is 5.10 Å². The predicted molar refractivity (Wildman–Crippen MR) is 179 cm³/mol. The Morgan fingerprint density at radius 3 is 2.64 bits per heavy atom. The number of hydrogen-bond acceptors (Lipinski definition) is 3. The molecule has 4 heterocycles. The maximum Gasteiger partial charge on any atom is 0.260 e. The fraction of sp³-hybridized carbons (Fsp3) is 0.237. The Bertz CT molecular complexity index is 1960. The quantitative estimate of drug-likeness (QED) is 0.200. The molecule has 1 N–H and O–H groups in total. The minimum absolute atomic E-state index is 0.0250. The number of carbonyl (C=O) groups excluding carboxylic acids is 2. The average Bonchev–Trinajstić information content (AvgIpc) is 3.71. The van der Waals surface area contributed by atoms with Crippen molar-refractivity contribution in [2.45, 2.75) is 45.7 Å². The molecule has 0 atom stereocenters. The molecule has 0 fully saturated rings. The zero-order chi connectivity index (χ0) is 30.9. The number of H-pyrrole nitrogens is 1. The van der Waals surface area contributed by atoms with Crippen molar-refractivity contribution in [1.29, 1.82) is 0 Å². The van der Waals surface area contributed by atoms with E-state index >= 15 is 0 Å².